The third kappa shape index (κ3) is 2.21. The van der Waals surface area contributed by atoms with Gasteiger partial charge >= 0.3 is 0 Å². The van der Waals surface area contributed by atoms with E-state index in [0.29, 0.717) is 5.96 Å². The highest BCUT2D eigenvalue weighted by Crippen LogP contribution is 2.21. The summed E-state index contributed by atoms with van der Waals surface area (Å²) < 4.78 is 0. The number of nitrogens with one attached hydrogen (secondary N) is 1. The fourth-order valence-corrected chi connectivity index (χ4v) is 1.40. The van der Waals surface area contributed by atoms with Gasteiger partial charge in [-0.25, -0.2) is 4.99 Å². The Morgan fingerprint density at radius 2 is 2.13 bits per heavy atom. The van der Waals surface area contributed by atoms with Gasteiger partial charge in [-0.15, -0.1) is 10.2 Å². The van der Waals surface area contributed by atoms with Crippen molar-refractivity contribution < 1.29 is 0 Å². The number of aliphatic imine (C=N–C) groups is 1. The van der Waals surface area contributed by atoms with Crippen molar-refractivity contribution in [1.82, 2.24) is 5.32 Å². The van der Waals surface area contributed by atoms with E-state index in [0.717, 1.165) is 18.8 Å². The van der Waals surface area contributed by atoms with Crippen molar-refractivity contribution in [1.29, 1.82) is 0 Å². The number of hydrogen-bond donors (Lipinski definition) is 1. The van der Waals surface area contributed by atoms with Crippen LogP contribution in [0.25, 0.3) is 0 Å². The Morgan fingerprint density at radius 3 is 2.87 bits per heavy atom. The summed E-state index contributed by atoms with van der Waals surface area (Å²) in [5.74, 6) is 0.635. The minimum atomic E-state index is 0.635. The van der Waals surface area contributed by atoms with E-state index in [1.807, 2.05) is 19.1 Å². The van der Waals surface area contributed by atoms with Gasteiger partial charge in [-0.1, -0.05) is 12.1 Å². The molecule has 0 aliphatic carbocycles. The molecule has 1 aromatic rings. The molecule has 1 heterocycles. The van der Waals surface area contributed by atoms with Crippen molar-refractivity contribution in [2.75, 3.05) is 13.1 Å². The molecule has 0 bridgehead atoms. The maximum absolute atomic E-state index is 4.18. The van der Waals surface area contributed by atoms with Crippen molar-refractivity contribution in [2.24, 2.45) is 15.2 Å². The van der Waals surface area contributed by atoms with Crippen LogP contribution in [0.5, 0.6) is 0 Å². The summed E-state index contributed by atoms with van der Waals surface area (Å²) >= 11 is 0. The third-order valence-corrected chi connectivity index (χ3v) is 2.48. The van der Waals surface area contributed by atoms with Crippen LogP contribution in [0.15, 0.2) is 33.4 Å². The number of azo groups is 1. The lowest BCUT2D eigenvalue weighted by Crippen LogP contribution is -2.15. The van der Waals surface area contributed by atoms with Crippen LogP contribution in [0, 0.1) is 13.8 Å². The molecule has 78 valence electrons. The zero-order chi connectivity index (χ0) is 10.7. The molecule has 0 fully saturated rings. The molecule has 0 unspecified atom stereocenters. The molecule has 4 heteroatoms. The Bertz CT molecular complexity index is 421. The first kappa shape index (κ1) is 9.83. The minimum Gasteiger partial charge on any atom is -0.351 e. The second-order valence-corrected chi connectivity index (χ2v) is 3.55. The zero-order valence-corrected chi connectivity index (χ0v) is 8.99. The highest BCUT2D eigenvalue weighted by molar-refractivity contribution is 5.81. The summed E-state index contributed by atoms with van der Waals surface area (Å²) in [7, 11) is 0. The average Bonchev–Trinajstić information content (AvgIpc) is 2.73. The van der Waals surface area contributed by atoms with Gasteiger partial charge in [0.1, 0.15) is 0 Å². The van der Waals surface area contributed by atoms with Gasteiger partial charge < -0.3 is 5.32 Å². The monoisotopic (exact) mass is 202 g/mol. The molecule has 0 amide bonds. The largest absolute Gasteiger partial charge is 0.351 e. The van der Waals surface area contributed by atoms with E-state index in [4.69, 9.17) is 0 Å². The van der Waals surface area contributed by atoms with Gasteiger partial charge in [-0.2, -0.15) is 0 Å². The summed E-state index contributed by atoms with van der Waals surface area (Å²) in [4.78, 5) is 4.15. The van der Waals surface area contributed by atoms with Gasteiger partial charge in [-0.05, 0) is 31.0 Å². The van der Waals surface area contributed by atoms with E-state index in [9.17, 15) is 0 Å². The van der Waals surface area contributed by atoms with E-state index < -0.39 is 0 Å². The minimum absolute atomic E-state index is 0.635. The maximum Gasteiger partial charge on any atom is 0.238 e. The van der Waals surface area contributed by atoms with Crippen LogP contribution < -0.4 is 5.32 Å². The molecule has 0 saturated heterocycles. The second-order valence-electron chi connectivity index (χ2n) is 3.55. The normalized spacial score (nSPS) is 15.5. The van der Waals surface area contributed by atoms with Crippen LogP contribution in [0.4, 0.5) is 5.69 Å². The third-order valence-electron chi connectivity index (χ3n) is 2.48. The predicted octanol–water partition coefficient (Wildman–Crippen LogP) is 2.35. The average molecular weight is 202 g/mol. The Balaban J connectivity index is 2.20. The molecule has 0 atom stereocenters. The standard InChI is InChI=1S/C11H14N4/c1-8-4-3-5-10(9(8)2)14-15-11-12-6-7-13-11/h3-5H,6-7H2,1-2H3,(H,12,13). The first-order valence-electron chi connectivity index (χ1n) is 5.03. The van der Waals surface area contributed by atoms with Crippen LogP contribution in [0.3, 0.4) is 0 Å². The van der Waals surface area contributed by atoms with Crippen molar-refractivity contribution >= 4 is 11.6 Å². The smallest absolute Gasteiger partial charge is 0.238 e. The summed E-state index contributed by atoms with van der Waals surface area (Å²) in [6.07, 6.45) is 0. The topological polar surface area (TPSA) is 49.1 Å². The SMILES string of the molecule is Cc1cccc(N=NC2=NCCN2)c1C. The Labute approximate surface area is 89.1 Å². The molecule has 15 heavy (non-hydrogen) atoms. The molecule has 0 spiro atoms. The summed E-state index contributed by atoms with van der Waals surface area (Å²) in [6.45, 7) is 5.77. The second kappa shape index (κ2) is 4.21. The lowest BCUT2D eigenvalue weighted by atomic mass is 10.1. The summed E-state index contributed by atoms with van der Waals surface area (Å²) in [5.41, 5.74) is 3.30. The molecule has 4 nitrogen and oxygen atoms in total. The molecular weight excluding hydrogens is 188 g/mol. The van der Waals surface area contributed by atoms with Crippen LogP contribution >= 0.6 is 0 Å². The van der Waals surface area contributed by atoms with Gasteiger partial charge in [0.15, 0.2) is 0 Å². The van der Waals surface area contributed by atoms with Gasteiger partial charge in [-0.3, -0.25) is 0 Å². The number of aryl methyl sites for hydroxylation is 1. The van der Waals surface area contributed by atoms with E-state index in [-0.39, 0.29) is 0 Å². The van der Waals surface area contributed by atoms with Gasteiger partial charge in [0.05, 0.1) is 12.2 Å². The highest BCUT2D eigenvalue weighted by atomic mass is 15.3. The predicted molar refractivity (Wildman–Crippen MR) is 60.7 cm³/mol. The number of guanidine groups is 1. The highest BCUT2D eigenvalue weighted by Gasteiger charge is 2.03. The molecular formula is C11H14N4. The van der Waals surface area contributed by atoms with Gasteiger partial charge in [0.2, 0.25) is 5.96 Å². The van der Waals surface area contributed by atoms with Crippen molar-refractivity contribution in [3.8, 4) is 0 Å². The van der Waals surface area contributed by atoms with E-state index in [1.165, 1.54) is 11.1 Å². The number of benzene rings is 1. The Kier molecular flexibility index (Phi) is 2.76. The van der Waals surface area contributed by atoms with Crippen molar-refractivity contribution in [3.63, 3.8) is 0 Å². The lowest BCUT2D eigenvalue weighted by molar-refractivity contribution is 0.953. The number of nitrogens with zero attached hydrogens (tertiary/aromatic N) is 3. The molecule has 0 saturated carbocycles. The van der Waals surface area contributed by atoms with E-state index >= 15 is 0 Å². The molecule has 1 aromatic carbocycles. The first-order valence-corrected chi connectivity index (χ1v) is 5.03. The fraction of sp³-hybridized carbons (Fsp3) is 0.364. The summed E-state index contributed by atoms with van der Waals surface area (Å²) in [6, 6.07) is 6.02. The van der Waals surface area contributed by atoms with Gasteiger partial charge in [0, 0.05) is 6.54 Å². The van der Waals surface area contributed by atoms with Gasteiger partial charge in [0.25, 0.3) is 0 Å². The summed E-state index contributed by atoms with van der Waals surface area (Å²) in [5, 5.41) is 11.3. The first-order chi connectivity index (χ1) is 7.27. The Hall–Kier alpha value is -1.71. The Morgan fingerprint density at radius 1 is 1.27 bits per heavy atom. The molecule has 1 aliphatic rings. The molecule has 1 aliphatic heterocycles. The van der Waals surface area contributed by atoms with Crippen molar-refractivity contribution in [2.45, 2.75) is 13.8 Å². The van der Waals surface area contributed by atoms with E-state index in [2.05, 4.69) is 33.5 Å². The molecule has 0 radical (unpaired) electrons. The molecule has 0 aromatic heterocycles. The zero-order valence-electron chi connectivity index (χ0n) is 8.99. The van der Waals surface area contributed by atoms with Crippen LogP contribution in [-0.4, -0.2) is 19.0 Å². The maximum atomic E-state index is 4.18. The van der Waals surface area contributed by atoms with Crippen LogP contribution in [0.1, 0.15) is 11.1 Å². The number of hydrogen-bond acceptors (Lipinski definition) is 4. The molecule has 1 N–H and O–H groups in total. The lowest BCUT2D eigenvalue weighted by Gasteiger charge is -2.01. The molecule has 2 rings (SSSR count). The van der Waals surface area contributed by atoms with Crippen LogP contribution in [-0.2, 0) is 0 Å². The fourth-order valence-electron chi connectivity index (χ4n) is 1.40. The quantitative estimate of drug-likeness (QED) is 0.698. The van der Waals surface area contributed by atoms with Crippen LogP contribution in [0.2, 0.25) is 0 Å². The van der Waals surface area contributed by atoms with E-state index in [1.54, 1.807) is 0 Å². The number of rotatable bonds is 1. The van der Waals surface area contributed by atoms with Crippen molar-refractivity contribution in [3.05, 3.63) is 29.3 Å².